The molecule has 0 heterocycles. The Morgan fingerprint density at radius 2 is 1.72 bits per heavy atom. The molecule has 25 heavy (non-hydrogen) atoms. The standard InChI is InChI=1S/C19H22N2O4/c1-2-10-24-16-6-8-17(9-7-16)25-13-18(22)21-12-14-4-3-5-15(11-14)19(20)23/h3-9,11H,2,10,12-13H2,1H3,(H2,20,23)(H,21,22). The molecule has 0 aliphatic rings. The second-order valence-electron chi connectivity index (χ2n) is 5.45. The highest BCUT2D eigenvalue weighted by Crippen LogP contribution is 2.17. The SMILES string of the molecule is CCCOc1ccc(OCC(=O)NCc2cccc(C(N)=O)c2)cc1. The molecule has 0 radical (unpaired) electrons. The Labute approximate surface area is 146 Å². The topological polar surface area (TPSA) is 90.7 Å². The maximum Gasteiger partial charge on any atom is 0.258 e. The van der Waals surface area contributed by atoms with E-state index in [0.29, 0.717) is 24.5 Å². The Kier molecular flexibility index (Phi) is 6.83. The molecular weight excluding hydrogens is 320 g/mol. The second-order valence-corrected chi connectivity index (χ2v) is 5.45. The van der Waals surface area contributed by atoms with Crippen molar-refractivity contribution < 1.29 is 19.1 Å². The van der Waals surface area contributed by atoms with E-state index >= 15 is 0 Å². The number of primary amides is 1. The van der Waals surface area contributed by atoms with Crippen molar-refractivity contribution in [2.45, 2.75) is 19.9 Å². The van der Waals surface area contributed by atoms with Crippen LogP contribution >= 0.6 is 0 Å². The van der Waals surface area contributed by atoms with Gasteiger partial charge in [0, 0.05) is 12.1 Å². The summed E-state index contributed by atoms with van der Waals surface area (Å²) in [6, 6.07) is 13.9. The quantitative estimate of drug-likeness (QED) is 0.731. The van der Waals surface area contributed by atoms with Crippen molar-refractivity contribution in [3.63, 3.8) is 0 Å². The number of carbonyl (C=O) groups excluding carboxylic acids is 2. The zero-order valence-corrected chi connectivity index (χ0v) is 14.2. The summed E-state index contributed by atoms with van der Waals surface area (Å²) in [6.45, 7) is 2.91. The van der Waals surface area contributed by atoms with Crippen LogP contribution < -0.4 is 20.5 Å². The van der Waals surface area contributed by atoms with Crippen molar-refractivity contribution in [2.75, 3.05) is 13.2 Å². The van der Waals surface area contributed by atoms with E-state index in [1.165, 1.54) is 0 Å². The number of hydrogen-bond donors (Lipinski definition) is 2. The number of amides is 2. The third kappa shape index (κ3) is 6.18. The van der Waals surface area contributed by atoms with Gasteiger partial charge in [-0.15, -0.1) is 0 Å². The normalized spacial score (nSPS) is 10.1. The fourth-order valence-electron chi connectivity index (χ4n) is 2.09. The van der Waals surface area contributed by atoms with Gasteiger partial charge < -0.3 is 20.5 Å². The van der Waals surface area contributed by atoms with Gasteiger partial charge in [0.1, 0.15) is 11.5 Å². The first-order chi connectivity index (χ1) is 12.1. The molecule has 2 amide bonds. The molecule has 0 atom stereocenters. The summed E-state index contributed by atoms with van der Waals surface area (Å²) < 4.78 is 10.9. The van der Waals surface area contributed by atoms with Crippen LogP contribution in [0.1, 0.15) is 29.3 Å². The van der Waals surface area contributed by atoms with Crippen LogP contribution in [0.3, 0.4) is 0 Å². The van der Waals surface area contributed by atoms with Crippen LogP contribution in [-0.4, -0.2) is 25.0 Å². The number of hydrogen-bond acceptors (Lipinski definition) is 4. The second kappa shape index (κ2) is 9.32. The van der Waals surface area contributed by atoms with E-state index < -0.39 is 5.91 Å². The van der Waals surface area contributed by atoms with E-state index in [9.17, 15) is 9.59 Å². The molecule has 0 saturated carbocycles. The fourth-order valence-corrected chi connectivity index (χ4v) is 2.09. The van der Waals surface area contributed by atoms with Crippen LogP contribution in [0.5, 0.6) is 11.5 Å². The summed E-state index contributed by atoms with van der Waals surface area (Å²) in [5, 5.41) is 2.73. The molecule has 0 aliphatic carbocycles. The van der Waals surface area contributed by atoms with Crippen molar-refractivity contribution in [1.82, 2.24) is 5.32 Å². The predicted octanol–water partition coefficient (Wildman–Crippen LogP) is 2.27. The monoisotopic (exact) mass is 342 g/mol. The minimum Gasteiger partial charge on any atom is -0.494 e. The third-order valence-corrected chi connectivity index (χ3v) is 3.37. The van der Waals surface area contributed by atoms with Gasteiger partial charge >= 0.3 is 0 Å². The third-order valence-electron chi connectivity index (χ3n) is 3.37. The lowest BCUT2D eigenvalue weighted by Gasteiger charge is -2.09. The van der Waals surface area contributed by atoms with Crippen LogP contribution in [0.2, 0.25) is 0 Å². The number of nitrogens with one attached hydrogen (secondary N) is 1. The average Bonchev–Trinajstić information content (AvgIpc) is 2.64. The summed E-state index contributed by atoms with van der Waals surface area (Å²) in [5.74, 6) is 0.612. The summed E-state index contributed by atoms with van der Waals surface area (Å²) in [6.07, 6.45) is 0.945. The largest absolute Gasteiger partial charge is 0.494 e. The number of carbonyl (C=O) groups is 2. The van der Waals surface area contributed by atoms with Gasteiger partial charge in [-0.1, -0.05) is 19.1 Å². The van der Waals surface area contributed by atoms with Gasteiger partial charge in [0.05, 0.1) is 6.61 Å². The van der Waals surface area contributed by atoms with Gasteiger partial charge in [-0.3, -0.25) is 9.59 Å². The highest BCUT2D eigenvalue weighted by atomic mass is 16.5. The maximum absolute atomic E-state index is 11.9. The smallest absolute Gasteiger partial charge is 0.258 e. The Hall–Kier alpha value is -3.02. The van der Waals surface area contributed by atoms with Crippen molar-refractivity contribution in [3.8, 4) is 11.5 Å². The highest BCUT2D eigenvalue weighted by molar-refractivity contribution is 5.92. The Bertz CT molecular complexity index is 714. The molecule has 2 aromatic carbocycles. The van der Waals surface area contributed by atoms with E-state index in [0.717, 1.165) is 17.7 Å². The summed E-state index contributed by atoms with van der Waals surface area (Å²) in [4.78, 5) is 23.0. The van der Waals surface area contributed by atoms with Crippen LogP contribution in [-0.2, 0) is 11.3 Å². The average molecular weight is 342 g/mol. The van der Waals surface area contributed by atoms with Gasteiger partial charge in [0.2, 0.25) is 5.91 Å². The van der Waals surface area contributed by atoms with Gasteiger partial charge in [-0.2, -0.15) is 0 Å². The van der Waals surface area contributed by atoms with E-state index in [-0.39, 0.29) is 12.5 Å². The molecule has 2 rings (SSSR count). The van der Waals surface area contributed by atoms with Crippen molar-refractivity contribution in [1.29, 1.82) is 0 Å². The molecule has 132 valence electrons. The van der Waals surface area contributed by atoms with Gasteiger partial charge in [-0.05, 0) is 48.4 Å². The molecule has 6 heteroatoms. The zero-order valence-electron chi connectivity index (χ0n) is 14.2. The zero-order chi connectivity index (χ0) is 18.1. The van der Waals surface area contributed by atoms with Crippen LogP contribution in [0, 0.1) is 0 Å². The first-order valence-corrected chi connectivity index (χ1v) is 8.09. The van der Waals surface area contributed by atoms with Crippen molar-refractivity contribution in [3.05, 3.63) is 59.7 Å². The Balaban J connectivity index is 1.77. The number of ether oxygens (including phenoxy) is 2. The van der Waals surface area contributed by atoms with Crippen LogP contribution in [0.4, 0.5) is 0 Å². The maximum atomic E-state index is 11.9. The van der Waals surface area contributed by atoms with Gasteiger partial charge in [0.25, 0.3) is 5.91 Å². The lowest BCUT2D eigenvalue weighted by atomic mass is 10.1. The number of nitrogens with two attached hydrogens (primary N) is 1. The van der Waals surface area contributed by atoms with Crippen molar-refractivity contribution >= 4 is 11.8 Å². The Morgan fingerprint density at radius 1 is 1.04 bits per heavy atom. The molecule has 0 spiro atoms. The molecule has 0 aromatic heterocycles. The Morgan fingerprint density at radius 3 is 2.36 bits per heavy atom. The van der Waals surface area contributed by atoms with Crippen LogP contribution in [0.25, 0.3) is 0 Å². The van der Waals surface area contributed by atoms with Crippen LogP contribution in [0.15, 0.2) is 48.5 Å². The molecule has 6 nitrogen and oxygen atoms in total. The highest BCUT2D eigenvalue weighted by Gasteiger charge is 2.05. The molecule has 0 aliphatic heterocycles. The summed E-state index contributed by atoms with van der Waals surface area (Å²) in [5.41, 5.74) is 6.44. The van der Waals surface area contributed by atoms with Crippen molar-refractivity contribution in [2.24, 2.45) is 5.73 Å². The van der Waals surface area contributed by atoms with E-state index in [1.807, 2.05) is 13.0 Å². The minimum atomic E-state index is -0.497. The number of rotatable bonds is 9. The number of benzene rings is 2. The molecule has 0 saturated heterocycles. The molecular formula is C19H22N2O4. The lowest BCUT2D eigenvalue weighted by molar-refractivity contribution is -0.123. The van der Waals surface area contributed by atoms with Gasteiger partial charge in [0.15, 0.2) is 6.61 Å². The first kappa shape index (κ1) is 18.3. The molecule has 0 unspecified atom stereocenters. The minimum absolute atomic E-state index is 0.0926. The molecule has 2 aromatic rings. The van der Waals surface area contributed by atoms with Gasteiger partial charge in [-0.25, -0.2) is 0 Å². The molecule has 3 N–H and O–H groups in total. The summed E-state index contributed by atoms with van der Waals surface area (Å²) in [7, 11) is 0. The van der Waals surface area contributed by atoms with E-state index in [2.05, 4.69) is 5.32 Å². The molecule has 0 fully saturated rings. The summed E-state index contributed by atoms with van der Waals surface area (Å²) >= 11 is 0. The predicted molar refractivity (Wildman–Crippen MR) is 94.5 cm³/mol. The molecule has 0 bridgehead atoms. The first-order valence-electron chi connectivity index (χ1n) is 8.09. The lowest BCUT2D eigenvalue weighted by Crippen LogP contribution is -2.28. The van der Waals surface area contributed by atoms with E-state index in [4.69, 9.17) is 15.2 Å². The van der Waals surface area contributed by atoms with E-state index in [1.54, 1.807) is 42.5 Å². The fraction of sp³-hybridized carbons (Fsp3) is 0.263.